The number of unbranched alkanes of at least 4 members (excludes halogenated alkanes) is 2. The Morgan fingerprint density at radius 2 is 1.16 bits per heavy atom. The highest BCUT2D eigenvalue weighted by Crippen LogP contribution is 2.20. The minimum Gasteiger partial charge on any atom is -0.480 e. The number of carboxylic acid groups (broad SMARTS) is 1. The van der Waals surface area contributed by atoms with E-state index in [1.54, 1.807) is 13.8 Å². The van der Waals surface area contributed by atoms with Gasteiger partial charge < -0.3 is 74.6 Å². The zero-order valence-electron chi connectivity index (χ0n) is 35.9. The Balaban J connectivity index is 3.22. The third-order valence-electron chi connectivity index (χ3n) is 9.72. The molecule has 1 aliphatic heterocycles. The van der Waals surface area contributed by atoms with Gasteiger partial charge in [0.05, 0.1) is 24.8 Å². The Kier molecular flexibility index (Phi) is 24.6. The van der Waals surface area contributed by atoms with Crippen LogP contribution >= 0.6 is 0 Å². The standard InChI is InChI=1S/C38H69N11O12/c1-20(2)17-26(33(56)43-18-28(52)42-19-29(53)54)46-34(57)24(11-6-8-14-39)45-36(59)27-13-10-16-49(27)38(61)31(23(5)51)48-37(60)30(22(4)50)47-35(58)25(12-7-9-15-40)44-32(55)21(3)41/h20-27,30-31,50-51H,6-19,39-41H2,1-5H3,(H,42,52)(H,43,56)(H,44,55)(H,45,59)(H,46,57)(H,47,58)(H,48,60)(H,53,54)/t21-,22+,23+,24-,25-,26-,27-,30-,31-/m0/s1. The Labute approximate surface area is 356 Å². The van der Waals surface area contributed by atoms with Crippen molar-refractivity contribution in [3.63, 3.8) is 0 Å². The fraction of sp³-hybridized carbons (Fsp3) is 0.763. The molecule has 16 N–H and O–H groups in total. The molecule has 1 fully saturated rings. The highest BCUT2D eigenvalue weighted by atomic mass is 16.4. The van der Waals surface area contributed by atoms with E-state index in [4.69, 9.17) is 22.3 Å². The van der Waals surface area contributed by atoms with Crippen molar-refractivity contribution in [1.29, 1.82) is 0 Å². The number of aliphatic carboxylic acids is 1. The normalized spacial score (nSPS) is 17.6. The average molecular weight is 872 g/mol. The lowest BCUT2D eigenvalue weighted by atomic mass is 10.0. The van der Waals surface area contributed by atoms with Gasteiger partial charge in [0.15, 0.2) is 0 Å². The second-order valence-corrected chi connectivity index (χ2v) is 15.7. The Morgan fingerprint density at radius 1 is 0.639 bits per heavy atom. The molecule has 61 heavy (non-hydrogen) atoms. The summed E-state index contributed by atoms with van der Waals surface area (Å²) < 4.78 is 0. The fourth-order valence-corrected chi connectivity index (χ4v) is 6.37. The number of aliphatic hydroxyl groups excluding tert-OH is 2. The number of likely N-dealkylation sites (tertiary alicyclic amines) is 1. The van der Waals surface area contributed by atoms with Gasteiger partial charge in [-0.2, -0.15) is 0 Å². The molecule has 1 heterocycles. The number of hydrogen-bond acceptors (Lipinski definition) is 14. The fourth-order valence-electron chi connectivity index (χ4n) is 6.37. The van der Waals surface area contributed by atoms with Crippen LogP contribution in [0.15, 0.2) is 0 Å². The van der Waals surface area contributed by atoms with E-state index in [0.29, 0.717) is 45.2 Å². The van der Waals surface area contributed by atoms with Gasteiger partial charge >= 0.3 is 5.97 Å². The van der Waals surface area contributed by atoms with Crippen molar-refractivity contribution in [2.75, 3.05) is 32.7 Å². The number of nitrogens with one attached hydrogen (secondary N) is 7. The van der Waals surface area contributed by atoms with Crippen molar-refractivity contribution in [3.05, 3.63) is 0 Å². The van der Waals surface area contributed by atoms with E-state index in [1.807, 2.05) is 0 Å². The molecule has 0 spiro atoms. The van der Waals surface area contributed by atoms with Gasteiger partial charge in [-0.1, -0.05) is 13.8 Å². The predicted molar refractivity (Wildman–Crippen MR) is 220 cm³/mol. The third-order valence-corrected chi connectivity index (χ3v) is 9.72. The molecule has 1 saturated heterocycles. The summed E-state index contributed by atoms with van der Waals surface area (Å²) in [6, 6.07) is -8.87. The van der Waals surface area contributed by atoms with Crippen molar-refractivity contribution in [2.45, 2.75) is 147 Å². The van der Waals surface area contributed by atoms with Gasteiger partial charge in [-0.25, -0.2) is 0 Å². The summed E-state index contributed by atoms with van der Waals surface area (Å²) in [5.41, 5.74) is 16.9. The van der Waals surface area contributed by atoms with Crippen molar-refractivity contribution in [2.24, 2.45) is 23.1 Å². The maximum atomic E-state index is 14.0. The molecule has 1 rings (SSSR count). The minimum atomic E-state index is -1.65. The molecule has 23 nitrogen and oxygen atoms in total. The topological polar surface area (TPSA) is 380 Å². The number of nitrogens with zero attached hydrogens (tertiary/aromatic N) is 1. The molecular weight excluding hydrogens is 802 g/mol. The highest BCUT2D eigenvalue weighted by molar-refractivity contribution is 5.98. The maximum absolute atomic E-state index is 14.0. The number of rotatable bonds is 28. The van der Waals surface area contributed by atoms with Gasteiger partial charge in [0.25, 0.3) is 0 Å². The van der Waals surface area contributed by atoms with E-state index in [1.165, 1.54) is 20.8 Å². The molecule has 0 aromatic heterocycles. The number of carbonyl (C=O) groups excluding carboxylic acids is 8. The van der Waals surface area contributed by atoms with E-state index in [9.17, 15) is 53.4 Å². The van der Waals surface area contributed by atoms with Gasteiger partial charge in [0, 0.05) is 6.54 Å². The zero-order valence-corrected chi connectivity index (χ0v) is 35.9. The van der Waals surface area contributed by atoms with Crippen LogP contribution in [0.25, 0.3) is 0 Å². The lowest BCUT2D eigenvalue weighted by Gasteiger charge is -2.32. The van der Waals surface area contributed by atoms with Crippen LogP contribution in [0.2, 0.25) is 0 Å². The molecule has 0 radical (unpaired) electrons. The summed E-state index contributed by atoms with van der Waals surface area (Å²) in [7, 11) is 0. The van der Waals surface area contributed by atoms with Crippen molar-refractivity contribution in [1.82, 2.24) is 42.1 Å². The molecule has 0 aliphatic carbocycles. The van der Waals surface area contributed by atoms with E-state index in [0.717, 1.165) is 4.90 Å². The SMILES string of the molecule is CC(C)C[C@H](NC(=O)[C@H](CCCCN)NC(=O)[C@@H]1CCCN1C(=O)[C@@H](NC(=O)[C@@H](NC(=O)[C@H](CCCCN)NC(=O)[C@H](C)N)[C@@H](C)O)[C@@H](C)O)C(=O)NCC(=O)NCC(=O)O. The van der Waals surface area contributed by atoms with Crippen LogP contribution in [0, 0.1) is 5.92 Å². The van der Waals surface area contributed by atoms with Crippen LogP contribution in [0.1, 0.15) is 92.4 Å². The van der Waals surface area contributed by atoms with Gasteiger partial charge in [-0.15, -0.1) is 0 Å². The smallest absolute Gasteiger partial charge is 0.322 e. The number of aliphatic hydroxyl groups is 2. The summed E-state index contributed by atoms with van der Waals surface area (Å²) in [5.74, 6) is -7.65. The van der Waals surface area contributed by atoms with Crippen LogP contribution < -0.4 is 54.4 Å². The first-order valence-electron chi connectivity index (χ1n) is 20.7. The first-order chi connectivity index (χ1) is 28.6. The molecule has 0 unspecified atom stereocenters. The molecule has 9 atom stereocenters. The van der Waals surface area contributed by atoms with Crippen molar-refractivity contribution >= 4 is 53.2 Å². The van der Waals surface area contributed by atoms with E-state index in [-0.39, 0.29) is 38.1 Å². The van der Waals surface area contributed by atoms with E-state index >= 15 is 0 Å². The highest BCUT2D eigenvalue weighted by Gasteiger charge is 2.42. The first-order valence-corrected chi connectivity index (χ1v) is 20.7. The van der Waals surface area contributed by atoms with Gasteiger partial charge in [-0.05, 0) is 97.6 Å². The van der Waals surface area contributed by atoms with Crippen molar-refractivity contribution in [3.8, 4) is 0 Å². The van der Waals surface area contributed by atoms with Crippen LogP contribution in [-0.4, -0.2) is 161 Å². The van der Waals surface area contributed by atoms with Crippen LogP contribution in [0.5, 0.6) is 0 Å². The van der Waals surface area contributed by atoms with Gasteiger partial charge in [-0.3, -0.25) is 43.2 Å². The monoisotopic (exact) mass is 872 g/mol. The molecule has 0 aromatic carbocycles. The number of nitrogens with two attached hydrogens (primary N) is 3. The molecular formula is C38H69N11O12. The minimum absolute atomic E-state index is 0.0387. The number of hydrogen-bond donors (Lipinski definition) is 13. The summed E-state index contributed by atoms with van der Waals surface area (Å²) in [5, 5.41) is 47.1. The van der Waals surface area contributed by atoms with E-state index in [2.05, 4.69) is 37.2 Å². The molecule has 0 saturated carbocycles. The van der Waals surface area contributed by atoms with Crippen LogP contribution in [0.4, 0.5) is 0 Å². The molecule has 23 heteroatoms. The van der Waals surface area contributed by atoms with Gasteiger partial charge in [0.1, 0.15) is 42.8 Å². The molecule has 0 aromatic rings. The number of amides is 8. The third kappa shape index (κ3) is 19.5. The lowest BCUT2D eigenvalue weighted by Crippen LogP contribution is -2.63. The van der Waals surface area contributed by atoms with Crippen LogP contribution in [0.3, 0.4) is 0 Å². The van der Waals surface area contributed by atoms with Gasteiger partial charge in [0.2, 0.25) is 47.3 Å². The Bertz CT molecular complexity index is 1500. The molecule has 8 amide bonds. The second kappa shape index (κ2) is 27.8. The van der Waals surface area contributed by atoms with Crippen LogP contribution in [-0.2, 0) is 43.2 Å². The maximum Gasteiger partial charge on any atom is 0.322 e. The molecule has 348 valence electrons. The van der Waals surface area contributed by atoms with Crippen molar-refractivity contribution < 1.29 is 58.5 Å². The summed E-state index contributed by atoms with van der Waals surface area (Å²) in [6.07, 6.45) is -0.272. The number of carboxylic acids is 1. The quantitative estimate of drug-likeness (QED) is 0.0328. The largest absolute Gasteiger partial charge is 0.480 e. The number of carbonyl (C=O) groups is 9. The predicted octanol–water partition coefficient (Wildman–Crippen LogP) is -4.87. The first kappa shape index (κ1) is 54.0. The molecule has 1 aliphatic rings. The molecule has 0 bridgehead atoms. The second-order valence-electron chi connectivity index (χ2n) is 15.7. The Hall–Kier alpha value is -4.97. The summed E-state index contributed by atoms with van der Waals surface area (Å²) in [6.45, 7) is 6.93. The summed E-state index contributed by atoms with van der Waals surface area (Å²) >= 11 is 0. The Morgan fingerprint density at radius 3 is 1.67 bits per heavy atom. The summed E-state index contributed by atoms with van der Waals surface area (Å²) in [4.78, 5) is 118. The average Bonchev–Trinajstić information content (AvgIpc) is 3.68. The zero-order chi connectivity index (χ0) is 46.4. The van der Waals surface area contributed by atoms with E-state index < -0.39 is 121 Å². The lowest BCUT2D eigenvalue weighted by molar-refractivity contribution is -0.145.